The molecular formula is C25H30N6O2. The molecular weight excluding hydrogens is 416 g/mol. The summed E-state index contributed by atoms with van der Waals surface area (Å²) in [7, 11) is 1.95. The molecule has 1 saturated heterocycles. The van der Waals surface area contributed by atoms with Crippen LogP contribution in [0, 0.1) is 5.92 Å². The number of carbonyl (C=O) groups excluding carboxylic acids is 1. The van der Waals surface area contributed by atoms with Crippen LogP contribution in [0.15, 0.2) is 30.6 Å². The van der Waals surface area contributed by atoms with Crippen molar-refractivity contribution < 1.29 is 9.53 Å². The lowest BCUT2D eigenvalue weighted by atomic mass is 9.86. The van der Waals surface area contributed by atoms with Gasteiger partial charge in [-0.1, -0.05) is 13.0 Å². The summed E-state index contributed by atoms with van der Waals surface area (Å²) >= 11 is 0. The van der Waals surface area contributed by atoms with E-state index in [1.54, 1.807) is 0 Å². The molecule has 2 aromatic heterocycles. The van der Waals surface area contributed by atoms with E-state index in [4.69, 9.17) is 9.84 Å². The molecule has 1 aromatic carbocycles. The minimum Gasteiger partial charge on any atom is -0.381 e. The van der Waals surface area contributed by atoms with Gasteiger partial charge in [-0.25, -0.2) is 0 Å². The summed E-state index contributed by atoms with van der Waals surface area (Å²) in [6.45, 7) is 6.03. The van der Waals surface area contributed by atoms with Crippen molar-refractivity contribution in [1.82, 2.24) is 24.9 Å². The first-order valence-electron chi connectivity index (χ1n) is 11.9. The minimum absolute atomic E-state index is 0.157. The number of hydrogen-bond acceptors (Lipinski definition) is 6. The zero-order valence-corrected chi connectivity index (χ0v) is 19.2. The van der Waals surface area contributed by atoms with Gasteiger partial charge in [-0.3, -0.25) is 14.7 Å². The molecule has 3 aromatic rings. The first kappa shape index (κ1) is 20.6. The summed E-state index contributed by atoms with van der Waals surface area (Å²) in [4.78, 5) is 16.2. The van der Waals surface area contributed by atoms with Gasteiger partial charge in [-0.2, -0.15) is 10.2 Å². The van der Waals surface area contributed by atoms with E-state index in [9.17, 15) is 4.79 Å². The Balaban J connectivity index is 1.40. The molecule has 33 heavy (non-hydrogen) atoms. The number of aromatic nitrogens is 4. The largest absolute Gasteiger partial charge is 0.381 e. The Morgan fingerprint density at radius 1 is 1.30 bits per heavy atom. The predicted molar refractivity (Wildman–Crippen MR) is 126 cm³/mol. The number of H-pyrrole nitrogens is 1. The first-order chi connectivity index (χ1) is 16.1. The van der Waals surface area contributed by atoms with E-state index in [2.05, 4.69) is 51.3 Å². The number of aldehydes is 1. The van der Waals surface area contributed by atoms with Gasteiger partial charge in [0.2, 0.25) is 0 Å². The number of carbonyl (C=O) groups is 1. The van der Waals surface area contributed by atoms with E-state index in [-0.39, 0.29) is 6.04 Å². The number of aryl methyl sites for hydroxylation is 1. The van der Waals surface area contributed by atoms with E-state index in [0.717, 1.165) is 56.8 Å². The minimum atomic E-state index is 0.157. The highest BCUT2D eigenvalue weighted by atomic mass is 16.5. The predicted octanol–water partition coefficient (Wildman–Crippen LogP) is 3.20. The van der Waals surface area contributed by atoms with E-state index >= 15 is 0 Å². The highest BCUT2D eigenvalue weighted by molar-refractivity contribution is 5.76. The Labute approximate surface area is 193 Å². The maximum atomic E-state index is 11.5. The molecule has 0 spiro atoms. The Hall–Kier alpha value is -2.97. The number of aromatic amines is 1. The van der Waals surface area contributed by atoms with E-state index in [0.29, 0.717) is 18.4 Å². The third-order valence-electron chi connectivity index (χ3n) is 7.52. The van der Waals surface area contributed by atoms with Gasteiger partial charge in [0.25, 0.3) is 0 Å². The summed E-state index contributed by atoms with van der Waals surface area (Å²) in [5.74, 6) is 1.79. The van der Waals surface area contributed by atoms with Crippen LogP contribution in [-0.2, 0) is 23.0 Å². The number of hydrogen-bond donors (Lipinski definition) is 1. The second-order valence-corrected chi connectivity index (χ2v) is 9.61. The van der Waals surface area contributed by atoms with Crippen LogP contribution in [0.4, 0.5) is 11.5 Å². The first-order valence-corrected chi connectivity index (χ1v) is 11.9. The summed E-state index contributed by atoms with van der Waals surface area (Å²) < 4.78 is 7.60. The average Bonchev–Trinajstić information content (AvgIpc) is 3.61. The Kier molecular flexibility index (Phi) is 5.07. The van der Waals surface area contributed by atoms with Crippen molar-refractivity contribution in [3.63, 3.8) is 0 Å². The molecule has 6 rings (SSSR count). The highest BCUT2D eigenvalue weighted by Crippen LogP contribution is 2.48. The second kappa shape index (κ2) is 8.11. The lowest BCUT2D eigenvalue weighted by molar-refractivity contribution is -0.109. The summed E-state index contributed by atoms with van der Waals surface area (Å²) in [5, 5.41) is 12.5. The standard InChI is InChI=1S/C25H30N6O2/c1-16-13-31(22-4-3-17(11-20(16)22)19-12-26-29(2)14-19)25-23-21(27-28-25)5-7-30(8-9-32)24(23)18-6-10-33-15-18/h3-4,9,11-12,14,16,18,24H,5-8,10,13,15H2,1-2H3,(H,27,28)/t16?,18-,24+/m1/s1. The number of fused-ring (bicyclic) bond motifs is 2. The topological polar surface area (TPSA) is 79.3 Å². The quantitative estimate of drug-likeness (QED) is 0.607. The molecule has 3 atom stereocenters. The number of anilines is 2. The number of ether oxygens (including phenoxy) is 1. The van der Waals surface area contributed by atoms with Gasteiger partial charge in [0.05, 0.1) is 19.3 Å². The van der Waals surface area contributed by atoms with Crippen LogP contribution in [0.5, 0.6) is 0 Å². The molecule has 0 amide bonds. The van der Waals surface area contributed by atoms with Gasteiger partial charge in [-0.15, -0.1) is 0 Å². The average molecular weight is 447 g/mol. The summed E-state index contributed by atoms with van der Waals surface area (Å²) in [5.41, 5.74) is 7.35. The number of nitrogens with zero attached hydrogens (tertiary/aromatic N) is 5. The van der Waals surface area contributed by atoms with E-state index in [1.807, 2.05) is 17.9 Å². The van der Waals surface area contributed by atoms with Gasteiger partial charge in [0, 0.05) is 79.7 Å². The van der Waals surface area contributed by atoms with Crippen molar-refractivity contribution in [2.45, 2.75) is 31.7 Å². The molecule has 3 aliphatic heterocycles. The second-order valence-electron chi connectivity index (χ2n) is 9.61. The fourth-order valence-corrected chi connectivity index (χ4v) is 5.91. The summed E-state index contributed by atoms with van der Waals surface area (Å²) in [6, 6.07) is 6.87. The third kappa shape index (κ3) is 3.40. The SMILES string of the molecule is CC1CN(c2n[nH]c3c2[C@H]([C@@H]2CCOC2)N(CC=O)CC3)c2ccc(-c3cnn(C)c3)cc21. The summed E-state index contributed by atoms with van der Waals surface area (Å²) in [6.07, 6.45) is 6.90. The van der Waals surface area contributed by atoms with Gasteiger partial charge in [0.15, 0.2) is 5.82 Å². The molecule has 0 saturated carbocycles. The van der Waals surface area contributed by atoms with Crippen molar-refractivity contribution in [3.8, 4) is 11.1 Å². The molecule has 3 aliphatic rings. The monoisotopic (exact) mass is 446 g/mol. The molecule has 1 N–H and O–H groups in total. The van der Waals surface area contributed by atoms with Crippen molar-refractivity contribution in [3.05, 3.63) is 47.4 Å². The Morgan fingerprint density at radius 2 is 2.21 bits per heavy atom. The van der Waals surface area contributed by atoms with Crippen LogP contribution in [0.25, 0.3) is 11.1 Å². The van der Waals surface area contributed by atoms with Crippen molar-refractivity contribution in [2.24, 2.45) is 13.0 Å². The fraction of sp³-hybridized carbons (Fsp3) is 0.480. The van der Waals surface area contributed by atoms with Gasteiger partial charge >= 0.3 is 0 Å². The smallest absolute Gasteiger partial charge is 0.159 e. The zero-order valence-electron chi connectivity index (χ0n) is 19.2. The lowest BCUT2D eigenvalue weighted by Crippen LogP contribution is -2.41. The normalized spacial score (nSPS) is 24.8. The van der Waals surface area contributed by atoms with Crippen molar-refractivity contribution >= 4 is 17.8 Å². The molecule has 1 fully saturated rings. The van der Waals surface area contributed by atoms with E-state index < -0.39 is 0 Å². The van der Waals surface area contributed by atoms with Crippen molar-refractivity contribution in [2.75, 3.05) is 37.7 Å². The molecule has 8 heteroatoms. The third-order valence-corrected chi connectivity index (χ3v) is 7.52. The Morgan fingerprint density at radius 3 is 2.97 bits per heavy atom. The maximum absolute atomic E-state index is 11.5. The van der Waals surface area contributed by atoms with Crippen LogP contribution in [0.1, 0.15) is 42.1 Å². The van der Waals surface area contributed by atoms with Crippen LogP contribution < -0.4 is 4.90 Å². The molecule has 172 valence electrons. The lowest BCUT2D eigenvalue weighted by Gasteiger charge is -2.38. The maximum Gasteiger partial charge on any atom is 0.159 e. The van der Waals surface area contributed by atoms with E-state index in [1.165, 1.54) is 28.1 Å². The van der Waals surface area contributed by atoms with Gasteiger partial charge in [-0.05, 0) is 29.7 Å². The zero-order chi connectivity index (χ0) is 22.5. The highest BCUT2D eigenvalue weighted by Gasteiger charge is 2.41. The molecule has 0 aliphatic carbocycles. The molecule has 1 unspecified atom stereocenters. The van der Waals surface area contributed by atoms with Gasteiger partial charge in [0.1, 0.15) is 6.29 Å². The van der Waals surface area contributed by atoms with Gasteiger partial charge < -0.3 is 14.4 Å². The van der Waals surface area contributed by atoms with Crippen LogP contribution in [0.3, 0.4) is 0 Å². The fourth-order valence-electron chi connectivity index (χ4n) is 5.91. The molecule has 0 radical (unpaired) electrons. The molecule has 0 bridgehead atoms. The Bertz CT molecular complexity index is 1180. The van der Waals surface area contributed by atoms with Crippen molar-refractivity contribution in [1.29, 1.82) is 0 Å². The molecule has 8 nitrogen and oxygen atoms in total. The van der Waals surface area contributed by atoms with Crippen LogP contribution in [-0.4, -0.2) is 64.0 Å². The van der Waals surface area contributed by atoms with Crippen LogP contribution in [0.2, 0.25) is 0 Å². The van der Waals surface area contributed by atoms with Crippen LogP contribution >= 0.6 is 0 Å². The molecule has 5 heterocycles. The number of nitrogens with one attached hydrogen (secondary N) is 1. The number of benzene rings is 1. The number of rotatable bonds is 5.